The summed E-state index contributed by atoms with van der Waals surface area (Å²) < 4.78 is 33.4. The Hall–Kier alpha value is -3.48. The maximum absolute atomic E-state index is 13.3. The molecule has 164 valence electrons. The van der Waals surface area contributed by atoms with Crippen LogP contribution < -0.4 is 5.32 Å². The van der Waals surface area contributed by atoms with Crippen molar-refractivity contribution in [3.8, 4) is 6.07 Å². The number of nitriles is 1. The summed E-state index contributed by atoms with van der Waals surface area (Å²) in [5, 5.41) is 15.6. The van der Waals surface area contributed by atoms with Crippen LogP contribution in [0.3, 0.4) is 0 Å². The van der Waals surface area contributed by atoms with E-state index >= 15 is 0 Å². The number of nitrogens with zero attached hydrogens (tertiary/aromatic N) is 3. The van der Waals surface area contributed by atoms with Crippen LogP contribution >= 0.6 is 0 Å². The minimum Gasteiger partial charge on any atom is -0.359 e. The van der Waals surface area contributed by atoms with Gasteiger partial charge in [0.15, 0.2) is 11.5 Å². The van der Waals surface area contributed by atoms with Crippen molar-refractivity contribution in [3.05, 3.63) is 83.2 Å². The molecular weight excluding hydrogens is 428 g/mol. The van der Waals surface area contributed by atoms with Crippen molar-refractivity contribution in [1.29, 1.82) is 5.26 Å². The van der Waals surface area contributed by atoms with E-state index in [4.69, 9.17) is 9.78 Å². The smallest absolute Gasteiger partial charge is 0.273 e. The van der Waals surface area contributed by atoms with E-state index in [1.807, 2.05) is 36.4 Å². The van der Waals surface area contributed by atoms with Gasteiger partial charge < -0.3 is 9.84 Å². The molecule has 1 amide bonds. The van der Waals surface area contributed by atoms with E-state index < -0.39 is 16.1 Å². The molecule has 0 aliphatic carbocycles. The van der Waals surface area contributed by atoms with Crippen LogP contribution in [0.5, 0.6) is 0 Å². The van der Waals surface area contributed by atoms with Crippen molar-refractivity contribution in [2.24, 2.45) is 0 Å². The summed E-state index contributed by atoms with van der Waals surface area (Å²) in [5.41, 5.74) is 1.45. The summed E-state index contributed by atoms with van der Waals surface area (Å²) >= 11 is 0. The van der Waals surface area contributed by atoms with Gasteiger partial charge in [-0.3, -0.25) is 4.79 Å². The third-order valence-corrected chi connectivity index (χ3v) is 7.35. The van der Waals surface area contributed by atoms with Gasteiger partial charge in [0.1, 0.15) is 0 Å². The number of benzene rings is 2. The fraction of sp³-hybridized carbons (Fsp3) is 0.261. The number of nitrogens with one attached hydrogen (secondary N) is 1. The number of carbonyl (C=O) groups excluding carboxylic acids is 1. The van der Waals surface area contributed by atoms with Crippen LogP contribution in [0.25, 0.3) is 0 Å². The molecular formula is C23H22N4O4S. The Kier molecular flexibility index (Phi) is 6.35. The molecule has 0 spiro atoms. The Morgan fingerprint density at radius 1 is 1.16 bits per heavy atom. The third kappa shape index (κ3) is 4.56. The van der Waals surface area contributed by atoms with Crippen molar-refractivity contribution in [1.82, 2.24) is 14.8 Å². The highest BCUT2D eigenvalue weighted by Crippen LogP contribution is 2.35. The molecule has 0 bridgehead atoms. The zero-order chi connectivity index (χ0) is 22.6. The molecule has 1 atom stereocenters. The molecule has 2 aromatic carbocycles. The monoisotopic (exact) mass is 450 g/mol. The quantitative estimate of drug-likeness (QED) is 0.615. The minimum absolute atomic E-state index is 0.109. The van der Waals surface area contributed by atoms with E-state index in [1.54, 1.807) is 0 Å². The average Bonchev–Trinajstić information content (AvgIpc) is 3.33. The number of amides is 1. The van der Waals surface area contributed by atoms with Crippen LogP contribution in [0.2, 0.25) is 0 Å². The second kappa shape index (κ2) is 9.34. The average molecular weight is 451 g/mol. The van der Waals surface area contributed by atoms with E-state index in [-0.39, 0.29) is 16.5 Å². The first-order chi connectivity index (χ1) is 15.5. The van der Waals surface area contributed by atoms with Crippen LogP contribution in [-0.4, -0.2) is 30.3 Å². The van der Waals surface area contributed by atoms with Crippen LogP contribution in [0.1, 0.15) is 52.7 Å². The predicted molar refractivity (Wildman–Crippen MR) is 116 cm³/mol. The Morgan fingerprint density at radius 3 is 2.62 bits per heavy atom. The van der Waals surface area contributed by atoms with Gasteiger partial charge in [-0.05, 0) is 42.7 Å². The molecule has 1 N–H and O–H groups in total. The molecule has 9 heteroatoms. The van der Waals surface area contributed by atoms with E-state index in [0.717, 1.165) is 18.4 Å². The molecule has 4 rings (SSSR count). The largest absolute Gasteiger partial charge is 0.359 e. The Morgan fingerprint density at radius 2 is 1.91 bits per heavy atom. The fourth-order valence-corrected chi connectivity index (χ4v) is 5.40. The lowest BCUT2D eigenvalue weighted by molar-refractivity contribution is 0.0941. The maximum atomic E-state index is 13.3. The van der Waals surface area contributed by atoms with E-state index in [9.17, 15) is 13.2 Å². The molecule has 1 aliphatic rings. The Labute approximate surface area is 186 Å². The lowest BCUT2D eigenvalue weighted by Gasteiger charge is -2.33. The number of sulfonamides is 1. The van der Waals surface area contributed by atoms with Crippen molar-refractivity contribution in [3.63, 3.8) is 0 Å². The van der Waals surface area contributed by atoms with Crippen molar-refractivity contribution >= 4 is 15.9 Å². The molecule has 32 heavy (non-hydrogen) atoms. The van der Waals surface area contributed by atoms with E-state index in [0.29, 0.717) is 30.8 Å². The van der Waals surface area contributed by atoms with Crippen LogP contribution in [0.15, 0.2) is 70.1 Å². The SMILES string of the molecule is N#Cc1ccc(S(=O)(=O)N2CCCCC2c2cc(C(=O)NCc3ccccc3)no2)cc1. The van der Waals surface area contributed by atoms with Crippen LogP contribution in [0, 0.1) is 11.3 Å². The summed E-state index contributed by atoms with van der Waals surface area (Å²) in [7, 11) is -3.81. The summed E-state index contributed by atoms with van der Waals surface area (Å²) in [6.45, 7) is 0.688. The maximum Gasteiger partial charge on any atom is 0.273 e. The van der Waals surface area contributed by atoms with Gasteiger partial charge in [0.25, 0.3) is 5.91 Å². The summed E-state index contributed by atoms with van der Waals surface area (Å²) in [6, 6.07) is 18.3. The number of piperidine rings is 1. The lowest BCUT2D eigenvalue weighted by Crippen LogP contribution is -2.38. The van der Waals surface area contributed by atoms with Crippen LogP contribution in [-0.2, 0) is 16.6 Å². The summed E-state index contributed by atoms with van der Waals surface area (Å²) in [5.74, 6) is -0.0482. The zero-order valence-corrected chi connectivity index (χ0v) is 18.1. The summed E-state index contributed by atoms with van der Waals surface area (Å²) in [6.07, 6.45) is 2.13. The highest BCUT2D eigenvalue weighted by Gasteiger charge is 2.37. The number of hydrogen-bond donors (Lipinski definition) is 1. The number of rotatable bonds is 6. The highest BCUT2D eigenvalue weighted by atomic mass is 32.2. The topological polar surface area (TPSA) is 116 Å². The molecule has 1 saturated heterocycles. The molecule has 1 fully saturated rings. The predicted octanol–water partition coefficient (Wildman–Crippen LogP) is 3.39. The van der Waals surface area contributed by atoms with E-state index in [1.165, 1.54) is 34.6 Å². The van der Waals surface area contributed by atoms with Crippen molar-refractivity contribution in [2.45, 2.75) is 36.7 Å². The minimum atomic E-state index is -3.81. The first-order valence-electron chi connectivity index (χ1n) is 10.3. The van der Waals surface area contributed by atoms with Gasteiger partial charge in [-0.25, -0.2) is 8.42 Å². The first kappa shape index (κ1) is 21.7. The fourth-order valence-electron chi connectivity index (χ4n) is 3.74. The standard InChI is InChI=1S/C23H22N4O4S/c24-15-17-9-11-19(12-10-17)32(29,30)27-13-5-4-8-21(27)22-14-20(26-31-22)23(28)25-16-18-6-2-1-3-7-18/h1-3,6-7,9-12,14,21H,4-5,8,13,16H2,(H,25,28). The molecule has 2 heterocycles. The Bertz CT molecular complexity index is 1230. The van der Waals surface area contributed by atoms with Gasteiger partial charge in [-0.2, -0.15) is 9.57 Å². The van der Waals surface area contributed by atoms with E-state index in [2.05, 4.69) is 10.5 Å². The van der Waals surface area contributed by atoms with Crippen LogP contribution in [0.4, 0.5) is 0 Å². The second-order valence-corrected chi connectivity index (χ2v) is 9.44. The molecule has 8 nitrogen and oxygen atoms in total. The van der Waals surface area contributed by atoms with Crippen molar-refractivity contribution in [2.75, 3.05) is 6.54 Å². The number of hydrogen-bond acceptors (Lipinski definition) is 6. The zero-order valence-electron chi connectivity index (χ0n) is 17.3. The Balaban J connectivity index is 1.52. The molecule has 3 aromatic rings. The molecule has 0 saturated carbocycles. The summed E-state index contributed by atoms with van der Waals surface area (Å²) in [4.78, 5) is 12.6. The van der Waals surface area contributed by atoms with Gasteiger partial charge in [-0.1, -0.05) is 41.9 Å². The van der Waals surface area contributed by atoms with Gasteiger partial charge in [0.05, 0.1) is 22.6 Å². The lowest BCUT2D eigenvalue weighted by atomic mass is 10.0. The second-order valence-electron chi connectivity index (χ2n) is 7.55. The van der Waals surface area contributed by atoms with Gasteiger partial charge in [-0.15, -0.1) is 0 Å². The van der Waals surface area contributed by atoms with Gasteiger partial charge in [0, 0.05) is 19.2 Å². The molecule has 1 unspecified atom stereocenters. The highest BCUT2D eigenvalue weighted by molar-refractivity contribution is 7.89. The molecule has 0 radical (unpaired) electrons. The molecule has 1 aliphatic heterocycles. The first-order valence-corrected chi connectivity index (χ1v) is 11.7. The van der Waals surface area contributed by atoms with Gasteiger partial charge in [0.2, 0.25) is 10.0 Å². The van der Waals surface area contributed by atoms with Crippen molar-refractivity contribution < 1.29 is 17.7 Å². The van der Waals surface area contributed by atoms with Gasteiger partial charge >= 0.3 is 0 Å². The molecule has 1 aromatic heterocycles. The third-order valence-electron chi connectivity index (χ3n) is 5.43. The number of aromatic nitrogens is 1. The number of carbonyl (C=O) groups is 1. The normalized spacial score (nSPS) is 16.9.